The molecule has 0 aromatic heterocycles. The Morgan fingerprint density at radius 2 is 1.80 bits per heavy atom. The van der Waals surface area contributed by atoms with Gasteiger partial charge in [0.05, 0.1) is 0 Å². The predicted molar refractivity (Wildman–Crippen MR) is 78.1 cm³/mol. The first-order valence-corrected chi connectivity index (χ1v) is 7.92. The molecule has 0 aromatic carbocycles. The van der Waals surface area contributed by atoms with E-state index < -0.39 is 0 Å². The van der Waals surface area contributed by atoms with Crippen molar-refractivity contribution in [3.05, 3.63) is 0 Å². The standard InChI is InChI=1S/C15H27N3O2/c1-11(13-9-16-10-13)15(20)18-7-6-17-14(19)8-12-4-2-3-5-12/h11-13,16H,2-10H2,1H3,(H,17,19)(H,18,20). The summed E-state index contributed by atoms with van der Waals surface area (Å²) in [7, 11) is 0. The van der Waals surface area contributed by atoms with Gasteiger partial charge in [0.1, 0.15) is 0 Å². The van der Waals surface area contributed by atoms with Gasteiger partial charge in [-0.2, -0.15) is 0 Å². The van der Waals surface area contributed by atoms with Crippen LogP contribution in [0.5, 0.6) is 0 Å². The van der Waals surface area contributed by atoms with E-state index in [2.05, 4.69) is 16.0 Å². The maximum atomic E-state index is 11.8. The van der Waals surface area contributed by atoms with Crippen molar-refractivity contribution in [1.82, 2.24) is 16.0 Å². The summed E-state index contributed by atoms with van der Waals surface area (Å²) in [6.45, 7) is 4.91. The molecule has 0 aromatic rings. The average Bonchev–Trinajstić information content (AvgIpc) is 2.84. The molecular formula is C15H27N3O2. The van der Waals surface area contributed by atoms with E-state index in [4.69, 9.17) is 0 Å². The fourth-order valence-corrected chi connectivity index (χ4v) is 2.98. The molecule has 5 heteroatoms. The van der Waals surface area contributed by atoms with Crippen LogP contribution in [0.4, 0.5) is 0 Å². The Morgan fingerprint density at radius 1 is 1.15 bits per heavy atom. The lowest BCUT2D eigenvalue weighted by Crippen LogP contribution is -2.50. The second kappa shape index (κ2) is 7.62. The monoisotopic (exact) mass is 281 g/mol. The van der Waals surface area contributed by atoms with Gasteiger partial charge in [-0.05, 0) is 37.8 Å². The second-order valence-electron chi connectivity index (χ2n) is 6.20. The highest BCUT2D eigenvalue weighted by molar-refractivity contribution is 5.79. The van der Waals surface area contributed by atoms with E-state index in [1.807, 2.05) is 6.92 Å². The van der Waals surface area contributed by atoms with E-state index >= 15 is 0 Å². The van der Waals surface area contributed by atoms with Crippen molar-refractivity contribution in [1.29, 1.82) is 0 Å². The molecule has 2 aliphatic rings. The van der Waals surface area contributed by atoms with Gasteiger partial charge in [0.15, 0.2) is 0 Å². The molecule has 3 N–H and O–H groups in total. The van der Waals surface area contributed by atoms with Gasteiger partial charge >= 0.3 is 0 Å². The molecule has 20 heavy (non-hydrogen) atoms. The third-order valence-electron chi connectivity index (χ3n) is 4.63. The molecule has 0 radical (unpaired) electrons. The first-order chi connectivity index (χ1) is 9.66. The van der Waals surface area contributed by atoms with Crippen molar-refractivity contribution < 1.29 is 9.59 Å². The van der Waals surface area contributed by atoms with Crippen LogP contribution < -0.4 is 16.0 Å². The van der Waals surface area contributed by atoms with Crippen molar-refractivity contribution in [3.63, 3.8) is 0 Å². The fraction of sp³-hybridized carbons (Fsp3) is 0.867. The highest BCUT2D eigenvalue weighted by Gasteiger charge is 2.28. The summed E-state index contributed by atoms with van der Waals surface area (Å²) >= 11 is 0. The summed E-state index contributed by atoms with van der Waals surface area (Å²) in [5.41, 5.74) is 0. The van der Waals surface area contributed by atoms with Crippen LogP contribution in [0.25, 0.3) is 0 Å². The third-order valence-corrected chi connectivity index (χ3v) is 4.63. The van der Waals surface area contributed by atoms with Gasteiger partial charge in [-0.25, -0.2) is 0 Å². The molecule has 0 spiro atoms. The Bertz CT molecular complexity index is 336. The normalized spacial score (nSPS) is 21.2. The Kier molecular flexibility index (Phi) is 5.83. The number of carbonyl (C=O) groups is 2. The molecule has 0 bridgehead atoms. The smallest absolute Gasteiger partial charge is 0.223 e. The predicted octanol–water partition coefficient (Wildman–Crippen LogP) is 0.655. The molecule has 2 fully saturated rings. The van der Waals surface area contributed by atoms with Crippen LogP contribution in [-0.4, -0.2) is 38.0 Å². The quantitative estimate of drug-likeness (QED) is 0.600. The van der Waals surface area contributed by atoms with E-state index in [9.17, 15) is 9.59 Å². The number of hydrogen-bond donors (Lipinski definition) is 3. The van der Waals surface area contributed by atoms with E-state index in [1.165, 1.54) is 25.7 Å². The van der Waals surface area contributed by atoms with Crippen molar-refractivity contribution >= 4 is 11.8 Å². The van der Waals surface area contributed by atoms with Gasteiger partial charge in [-0.1, -0.05) is 19.8 Å². The maximum absolute atomic E-state index is 11.8. The molecule has 1 aliphatic carbocycles. The van der Waals surface area contributed by atoms with E-state index in [1.54, 1.807) is 0 Å². The summed E-state index contributed by atoms with van der Waals surface area (Å²) < 4.78 is 0. The molecule has 114 valence electrons. The van der Waals surface area contributed by atoms with Crippen LogP contribution in [0.15, 0.2) is 0 Å². The Labute approximate surface area is 121 Å². The minimum absolute atomic E-state index is 0.0606. The SMILES string of the molecule is CC(C(=O)NCCNC(=O)CC1CCCC1)C1CNC1. The van der Waals surface area contributed by atoms with Gasteiger partial charge in [0, 0.05) is 25.4 Å². The van der Waals surface area contributed by atoms with Crippen LogP contribution >= 0.6 is 0 Å². The molecule has 1 saturated carbocycles. The molecule has 2 amide bonds. The van der Waals surface area contributed by atoms with E-state index in [0.717, 1.165) is 13.1 Å². The molecule has 1 aliphatic heterocycles. The van der Waals surface area contributed by atoms with E-state index in [-0.39, 0.29) is 17.7 Å². The van der Waals surface area contributed by atoms with Crippen molar-refractivity contribution in [2.75, 3.05) is 26.2 Å². The largest absolute Gasteiger partial charge is 0.354 e. The van der Waals surface area contributed by atoms with Gasteiger partial charge in [0.25, 0.3) is 0 Å². The van der Waals surface area contributed by atoms with Gasteiger partial charge < -0.3 is 16.0 Å². The molecule has 1 atom stereocenters. The molecular weight excluding hydrogens is 254 g/mol. The summed E-state index contributed by atoms with van der Waals surface area (Å²) in [5.74, 6) is 1.33. The van der Waals surface area contributed by atoms with E-state index in [0.29, 0.717) is 31.3 Å². The van der Waals surface area contributed by atoms with Gasteiger partial charge in [-0.15, -0.1) is 0 Å². The van der Waals surface area contributed by atoms with Crippen LogP contribution in [-0.2, 0) is 9.59 Å². The minimum atomic E-state index is 0.0606. The molecule has 1 unspecified atom stereocenters. The molecule has 2 rings (SSSR count). The summed E-state index contributed by atoms with van der Waals surface area (Å²) in [4.78, 5) is 23.6. The zero-order valence-electron chi connectivity index (χ0n) is 12.4. The van der Waals surface area contributed by atoms with Crippen LogP contribution in [0.3, 0.4) is 0 Å². The second-order valence-corrected chi connectivity index (χ2v) is 6.20. The summed E-state index contributed by atoms with van der Waals surface area (Å²) in [6, 6.07) is 0. The lowest BCUT2D eigenvalue weighted by molar-refractivity contribution is -0.127. The molecule has 1 heterocycles. The third kappa shape index (κ3) is 4.47. The van der Waals surface area contributed by atoms with Crippen LogP contribution in [0, 0.1) is 17.8 Å². The number of carbonyl (C=O) groups excluding carboxylic acids is 2. The molecule has 1 saturated heterocycles. The van der Waals surface area contributed by atoms with Crippen LogP contribution in [0.2, 0.25) is 0 Å². The Hall–Kier alpha value is -1.10. The summed E-state index contributed by atoms with van der Waals surface area (Å²) in [6.07, 6.45) is 5.57. The summed E-state index contributed by atoms with van der Waals surface area (Å²) in [5, 5.41) is 8.97. The first-order valence-electron chi connectivity index (χ1n) is 7.92. The number of amides is 2. The number of hydrogen-bond acceptors (Lipinski definition) is 3. The lowest BCUT2D eigenvalue weighted by Gasteiger charge is -2.31. The molecule has 5 nitrogen and oxygen atoms in total. The Morgan fingerprint density at radius 3 is 2.40 bits per heavy atom. The first kappa shape index (κ1) is 15.3. The topological polar surface area (TPSA) is 70.2 Å². The highest BCUT2D eigenvalue weighted by atomic mass is 16.2. The minimum Gasteiger partial charge on any atom is -0.354 e. The average molecular weight is 281 g/mol. The number of rotatable bonds is 7. The lowest BCUT2D eigenvalue weighted by atomic mass is 9.88. The zero-order chi connectivity index (χ0) is 14.4. The number of nitrogens with one attached hydrogen (secondary N) is 3. The fourth-order valence-electron chi connectivity index (χ4n) is 2.98. The van der Waals surface area contributed by atoms with Crippen molar-refractivity contribution in [2.24, 2.45) is 17.8 Å². The van der Waals surface area contributed by atoms with Gasteiger partial charge in [0.2, 0.25) is 11.8 Å². The van der Waals surface area contributed by atoms with Gasteiger partial charge in [-0.3, -0.25) is 9.59 Å². The van der Waals surface area contributed by atoms with Crippen molar-refractivity contribution in [3.8, 4) is 0 Å². The highest BCUT2D eigenvalue weighted by Crippen LogP contribution is 2.27. The zero-order valence-corrected chi connectivity index (χ0v) is 12.4. The maximum Gasteiger partial charge on any atom is 0.223 e. The Balaban J connectivity index is 1.51. The van der Waals surface area contributed by atoms with Crippen LogP contribution in [0.1, 0.15) is 39.0 Å². The van der Waals surface area contributed by atoms with Crippen molar-refractivity contribution in [2.45, 2.75) is 39.0 Å².